The Bertz CT molecular complexity index is 490. The zero-order valence-corrected chi connectivity index (χ0v) is 10.1. The van der Waals surface area contributed by atoms with Gasteiger partial charge in [0, 0.05) is 18.2 Å². The molecule has 1 atom stereocenters. The van der Waals surface area contributed by atoms with Gasteiger partial charge in [0.2, 0.25) is 5.89 Å². The summed E-state index contributed by atoms with van der Waals surface area (Å²) >= 11 is 0. The highest BCUT2D eigenvalue weighted by atomic mass is 16.5. The summed E-state index contributed by atoms with van der Waals surface area (Å²) < 4.78 is 10.8. The molecule has 0 spiro atoms. The first-order valence-corrected chi connectivity index (χ1v) is 6.22. The Balaban J connectivity index is 1.74. The summed E-state index contributed by atoms with van der Waals surface area (Å²) in [5, 5.41) is 3.46. The van der Waals surface area contributed by atoms with Crippen LogP contribution in [0.1, 0.15) is 5.56 Å². The van der Waals surface area contributed by atoms with Crippen molar-refractivity contribution >= 4 is 0 Å². The first kappa shape index (κ1) is 11.4. The minimum Gasteiger partial charge on any atom is -0.445 e. The van der Waals surface area contributed by atoms with Crippen LogP contribution in [0.25, 0.3) is 11.5 Å². The molecule has 0 aliphatic carbocycles. The summed E-state index contributed by atoms with van der Waals surface area (Å²) in [7, 11) is 0. The molecular weight excluding hydrogens is 228 g/mol. The second kappa shape index (κ2) is 5.33. The molecule has 2 aromatic rings. The molecule has 1 N–H and O–H groups in total. The number of rotatable bonds is 3. The molecule has 1 aromatic heterocycles. The van der Waals surface area contributed by atoms with Crippen molar-refractivity contribution in [2.45, 2.75) is 12.5 Å². The Morgan fingerprint density at radius 2 is 2.39 bits per heavy atom. The highest BCUT2D eigenvalue weighted by Gasteiger charge is 2.14. The average Bonchev–Trinajstić information content (AvgIpc) is 2.94. The SMILES string of the molecule is c1cc(CC2COCCN2)cc(-c2ncco2)c1. The monoisotopic (exact) mass is 244 g/mol. The molecule has 1 aliphatic heterocycles. The third kappa shape index (κ3) is 2.60. The maximum absolute atomic E-state index is 5.46. The van der Waals surface area contributed by atoms with Crippen molar-refractivity contribution in [2.75, 3.05) is 19.8 Å². The van der Waals surface area contributed by atoms with Gasteiger partial charge in [0.25, 0.3) is 0 Å². The van der Waals surface area contributed by atoms with Crippen molar-refractivity contribution in [1.82, 2.24) is 10.3 Å². The van der Waals surface area contributed by atoms with Gasteiger partial charge in [-0.1, -0.05) is 12.1 Å². The van der Waals surface area contributed by atoms with Gasteiger partial charge in [-0.3, -0.25) is 0 Å². The third-order valence-electron chi connectivity index (χ3n) is 3.09. The number of morpholine rings is 1. The molecule has 0 amide bonds. The fraction of sp³-hybridized carbons (Fsp3) is 0.357. The van der Waals surface area contributed by atoms with Gasteiger partial charge in [0.05, 0.1) is 19.4 Å². The van der Waals surface area contributed by atoms with E-state index >= 15 is 0 Å². The molecule has 0 radical (unpaired) electrons. The van der Waals surface area contributed by atoms with Crippen LogP contribution in [0, 0.1) is 0 Å². The Kier molecular flexibility index (Phi) is 3.39. The van der Waals surface area contributed by atoms with E-state index in [1.807, 2.05) is 12.1 Å². The minimum absolute atomic E-state index is 0.401. The number of benzene rings is 1. The molecule has 0 bridgehead atoms. The Hall–Kier alpha value is -1.65. The van der Waals surface area contributed by atoms with E-state index in [1.165, 1.54) is 5.56 Å². The largest absolute Gasteiger partial charge is 0.445 e. The van der Waals surface area contributed by atoms with Crippen molar-refractivity contribution < 1.29 is 9.15 Å². The van der Waals surface area contributed by atoms with Gasteiger partial charge < -0.3 is 14.5 Å². The summed E-state index contributed by atoms with van der Waals surface area (Å²) in [4.78, 5) is 4.17. The molecule has 4 nitrogen and oxygen atoms in total. The van der Waals surface area contributed by atoms with Crippen LogP contribution in [-0.2, 0) is 11.2 Å². The molecule has 2 heterocycles. The third-order valence-corrected chi connectivity index (χ3v) is 3.09. The molecule has 18 heavy (non-hydrogen) atoms. The lowest BCUT2D eigenvalue weighted by molar-refractivity contribution is 0.0770. The number of nitrogens with one attached hydrogen (secondary N) is 1. The van der Waals surface area contributed by atoms with E-state index in [0.717, 1.165) is 31.7 Å². The fourth-order valence-electron chi connectivity index (χ4n) is 2.23. The standard InChI is InChI=1S/C14H16N2O2/c1-2-11(9-13-10-17-6-4-15-13)8-12(3-1)14-16-5-7-18-14/h1-3,5,7-8,13,15H,4,6,9-10H2. The average molecular weight is 244 g/mol. The number of hydrogen-bond acceptors (Lipinski definition) is 4. The molecule has 3 rings (SSSR count). The topological polar surface area (TPSA) is 47.3 Å². The molecule has 94 valence electrons. The van der Waals surface area contributed by atoms with Crippen molar-refractivity contribution in [1.29, 1.82) is 0 Å². The lowest BCUT2D eigenvalue weighted by atomic mass is 10.0. The first-order chi connectivity index (χ1) is 8.92. The van der Waals surface area contributed by atoms with Crippen LogP contribution in [0.4, 0.5) is 0 Å². The quantitative estimate of drug-likeness (QED) is 0.895. The second-order valence-electron chi connectivity index (χ2n) is 4.47. The summed E-state index contributed by atoms with van der Waals surface area (Å²) in [6, 6.07) is 8.71. The molecular formula is C14H16N2O2. The van der Waals surface area contributed by atoms with Crippen LogP contribution in [-0.4, -0.2) is 30.8 Å². The number of hydrogen-bond donors (Lipinski definition) is 1. The van der Waals surface area contributed by atoms with Gasteiger partial charge in [-0.25, -0.2) is 4.98 Å². The predicted molar refractivity (Wildman–Crippen MR) is 68.3 cm³/mol. The van der Waals surface area contributed by atoms with Crippen molar-refractivity contribution in [3.05, 3.63) is 42.3 Å². The van der Waals surface area contributed by atoms with E-state index in [2.05, 4.69) is 22.4 Å². The lowest BCUT2D eigenvalue weighted by Crippen LogP contribution is -2.42. The molecule has 1 saturated heterocycles. The number of ether oxygens (including phenoxy) is 1. The van der Waals surface area contributed by atoms with Crippen molar-refractivity contribution in [2.24, 2.45) is 0 Å². The Morgan fingerprint density at radius 3 is 3.17 bits per heavy atom. The molecule has 1 unspecified atom stereocenters. The van der Waals surface area contributed by atoms with E-state index in [1.54, 1.807) is 12.5 Å². The molecule has 1 aromatic carbocycles. The van der Waals surface area contributed by atoms with E-state index < -0.39 is 0 Å². The van der Waals surface area contributed by atoms with Crippen LogP contribution < -0.4 is 5.32 Å². The second-order valence-corrected chi connectivity index (χ2v) is 4.47. The smallest absolute Gasteiger partial charge is 0.225 e. The first-order valence-electron chi connectivity index (χ1n) is 6.22. The van der Waals surface area contributed by atoms with E-state index in [0.29, 0.717) is 11.9 Å². The van der Waals surface area contributed by atoms with Crippen molar-refractivity contribution in [3.63, 3.8) is 0 Å². The number of nitrogens with zero attached hydrogens (tertiary/aromatic N) is 1. The number of oxazole rings is 1. The van der Waals surface area contributed by atoms with E-state index in [-0.39, 0.29) is 0 Å². The normalized spacial score (nSPS) is 19.9. The van der Waals surface area contributed by atoms with Crippen LogP contribution in [0.3, 0.4) is 0 Å². The van der Waals surface area contributed by atoms with Gasteiger partial charge >= 0.3 is 0 Å². The highest BCUT2D eigenvalue weighted by molar-refractivity contribution is 5.54. The van der Waals surface area contributed by atoms with Crippen LogP contribution in [0.2, 0.25) is 0 Å². The zero-order chi connectivity index (χ0) is 12.2. The van der Waals surface area contributed by atoms with Gasteiger partial charge in [-0.2, -0.15) is 0 Å². The van der Waals surface area contributed by atoms with E-state index in [9.17, 15) is 0 Å². The summed E-state index contributed by atoms with van der Waals surface area (Å²) in [6.45, 7) is 2.53. The maximum Gasteiger partial charge on any atom is 0.225 e. The molecule has 0 saturated carbocycles. The molecule has 1 aliphatic rings. The lowest BCUT2D eigenvalue weighted by Gasteiger charge is -2.23. The maximum atomic E-state index is 5.46. The number of aromatic nitrogens is 1. The fourth-order valence-corrected chi connectivity index (χ4v) is 2.23. The van der Waals surface area contributed by atoms with Gasteiger partial charge in [0.1, 0.15) is 6.26 Å². The Morgan fingerprint density at radius 1 is 1.39 bits per heavy atom. The van der Waals surface area contributed by atoms with Gasteiger partial charge in [-0.15, -0.1) is 0 Å². The molecule has 1 fully saturated rings. The van der Waals surface area contributed by atoms with Crippen LogP contribution >= 0.6 is 0 Å². The van der Waals surface area contributed by atoms with E-state index in [4.69, 9.17) is 9.15 Å². The highest BCUT2D eigenvalue weighted by Crippen LogP contribution is 2.19. The van der Waals surface area contributed by atoms with Crippen LogP contribution in [0.15, 0.2) is 41.1 Å². The van der Waals surface area contributed by atoms with Crippen LogP contribution in [0.5, 0.6) is 0 Å². The molecule has 4 heteroatoms. The van der Waals surface area contributed by atoms with Gasteiger partial charge in [0.15, 0.2) is 0 Å². The summed E-state index contributed by atoms with van der Waals surface area (Å²) in [6.07, 6.45) is 4.23. The summed E-state index contributed by atoms with van der Waals surface area (Å²) in [5.41, 5.74) is 2.29. The van der Waals surface area contributed by atoms with Crippen molar-refractivity contribution in [3.8, 4) is 11.5 Å². The predicted octanol–water partition coefficient (Wildman–Crippen LogP) is 1.87. The summed E-state index contributed by atoms with van der Waals surface area (Å²) in [5.74, 6) is 0.671. The zero-order valence-electron chi connectivity index (χ0n) is 10.1. The van der Waals surface area contributed by atoms with Gasteiger partial charge in [-0.05, 0) is 24.1 Å². The Labute approximate surface area is 106 Å². The minimum atomic E-state index is 0.401.